The first-order chi connectivity index (χ1) is 9.67. The molecule has 1 rings (SSSR count). The lowest BCUT2D eigenvalue weighted by Crippen LogP contribution is -2.23. The Morgan fingerprint density at radius 1 is 1.30 bits per heavy atom. The number of guanidine groups is 1. The number of rotatable bonds is 7. The molecule has 110 valence electrons. The van der Waals surface area contributed by atoms with Gasteiger partial charge in [-0.15, -0.1) is 0 Å². The van der Waals surface area contributed by atoms with Gasteiger partial charge in [-0.3, -0.25) is 9.79 Å². The predicted octanol–water partition coefficient (Wildman–Crippen LogP) is 1.77. The molecule has 1 aromatic carbocycles. The third-order valence-corrected chi connectivity index (χ3v) is 2.67. The van der Waals surface area contributed by atoms with Crippen molar-refractivity contribution in [1.29, 1.82) is 0 Å². The molecule has 6 heteroatoms. The van der Waals surface area contributed by atoms with Gasteiger partial charge in [-0.25, -0.2) is 0 Å². The van der Waals surface area contributed by atoms with Crippen molar-refractivity contribution in [2.45, 2.75) is 19.3 Å². The van der Waals surface area contributed by atoms with Crippen LogP contribution < -0.4 is 15.8 Å². The minimum Gasteiger partial charge on any atom is -0.495 e. The van der Waals surface area contributed by atoms with E-state index in [9.17, 15) is 4.79 Å². The minimum absolute atomic E-state index is 0.200. The summed E-state index contributed by atoms with van der Waals surface area (Å²) < 4.78 is 9.76. The molecule has 0 amide bonds. The monoisotopic (exact) mass is 279 g/mol. The highest BCUT2D eigenvalue weighted by Crippen LogP contribution is 2.22. The first-order valence-corrected chi connectivity index (χ1v) is 6.44. The molecule has 20 heavy (non-hydrogen) atoms. The van der Waals surface area contributed by atoms with Crippen molar-refractivity contribution < 1.29 is 14.3 Å². The van der Waals surface area contributed by atoms with Crippen LogP contribution in [0.2, 0.25) is 0 Å². The Morgan fingerprint density at radius 3 is 2.75 bits per heavy atom. The normalized spacial score (nSPS) is 11.0. The Morgan fingerprint density at radius 2 is 2.05 bits per heavy atom. The van der Waals surface area contributed by atoms with Crippen LogP contribution in [0.5, 0.6) is 5.75 Å². The molecule has 0 aromatic heterocycles. The molecule has 0 aliphatic carbocycles. The number of nitrogens with two attached hydrogens (primary N) is 1. The quantitative estimate of drug-likeness (QED) is 0.344. The number of para-hydroxylation sites is 2. The van der Waals surface area contributed by atoms with Crippen molar-refractivity contribution in [2.24, 2.45) is 10.7 Å². The Hall–Kier alpha value is -2.24. The molecule has 0 spiro atoms. The number of carbonyl (C=O) groups excluding carboxylic acids is 1. The van der Waals surface area contributed by atoms with Gasteiger partial charge in [-0.1, -0.05) is 12.1 Å². The summed E-state index contributed by atoms with van der Waals surface area (Å²) in [6.07, 6.45) is 1.92. The van der Waals surface area contributed by atoms with Crippen molar-refractivity contribution in [3.63, 3.8) is 0 Å². The van der Waals surface area contributed by atoms with Crippen molar-refractivity contribution in [3.8, 4) is 5.75 Å². The van der Waals surface area contributed by atoms with E-state index in [4.69, 9.17) is 10.5 Å². The maximum absolute atomic E-state index is 10.9. The number of anilines is 1. The number of unbranched alkanes of at least 4 members (excludes halogenated alkanes) is 1. The molecule has 6 nitrogen and oxygen atoms in total. The van der Waals surface area contributed by atoms with Gasteiger partial charge in [0.1, 0.15) is 5.75 Å². The van der Waals surface area contributed by atoms with Crippen molar-refractivity contribution in [3.05, 3.63) is 24.3 Å². The van der Waals surface area contributed by atoms with Crippen molar-refractivity contribution in [1.82, 2.24) is 0 Å². The second kappa shape index (κ2) is 8.79. The van der Waals surface area contributed by atoms with E-state index in [0.717, 1.165) is 18.5 Å². The molecular weight excluding hydrogens is 258 g/mol. The van der Waals surface area contributed by atoms with Gasteiger partial charge < -0.3 is 20.5 Å². The van der Waals surface area contributed by atoms with Crippen molar-refractivity contribution in [2.75, 3.05) is 26.1 Å². The number of carbonyl (C=O) groups is 1. The summed E-state index contributed by atoms with van der Waals surface area (Å²) in [7, 11) is 2.98. The molecule has 0 aliphatic heterocycles. The zero-order valence-electron chi connectivity index (χ0n) is 11.9. The number of nitrogens with zero attached hydrogens (tertiary/aromatic N) is 1. The number of esters is 1. The third-order valence-electron chi connectivity index (χ3n) is 2.67. The standard InChI is InChI=1S/C14H21N3O3/c1-19-12-8-4-3-7-11(12)17-14(15)16-10-6-5-9-13(18)20-2/h3-4,7-8H,5-6,9-10H2,1-2H3,(H3,15,16,17). The molecule has 0 radical (unpaired) electrons. The van der Waals surface area contributed by atoms with Crippen LogP contribution in [0.15, 0.2) is 29.3 Å². The summed E-state index contributed by atoms with van der Waals surface area (Å²) in [5.41, 5.74) is 6.56. The van der Waals surface area contributed by atoms with E-state index < -0.39 is 0 Å². The second-order valence-electron chi connectivity index (χ2n) is 4.13. The van der Waals surface area contributed by atoms with Crippen LogP contribution in [0.1, 0.15) is 19.3 Å². The highest BCUT2D eigenvalue weighted by molar-refractivity contribution is 5.93. The van der Waals surface area contributed by atoms with Crippen LogP contribution in [0.25, 0.3) is 0 Å². The summed E-state index contributed by atoms with van der Waals surface area (Å²) >= 11 is 0. The lowest BCUT2D eigenvalue weighted by molar-refractivity contribution is -0.140. The largest absolute Gasteiger partial charge is 0.495 e. The Kier molecular flexibility index (Phi) is 6.95. The minimum atomic E-state index is -0.200. The molecule has 0 saturated heterocycles. The zero-order chi connectivity index (χ0) is 14.8. The average Bonchev–Trinajstić information content (AvgIpc) is 2.47. The summed E-state index contributed by atoms with van der Waals surface area (Å²) in [6.45, 7) is 0.560. The molecule has 0 unspecified atom stereocenters. The van der Waals surface area contributed by atoms with E-state index in [1.54, 1.807) is 7.11 Å². The predicted molar refractivity (Wildman–Crippen MR) is 79.0 cm³/mol. The van der Waals surface area contributed by atoms with E-state index in [2.05, 4.69) is 15.0 Å². The van der Waals surface area contributed by atoms with Gasteiger partial charge in [-0.2, -0.15) is 0 Å². The Labute approximate surface area is 119 Å². The van der Waals surface area contributed by atoms with Crippen LogP contribution in [0, 0.1) is 0 Å². The Bertz CT molecular complexity index is 461. The van der Waals surface area contributed by atoms with Gasteiger partial charge in [0.15, 0.2) is 5.96 Å². The van der Waals surface area contributed by atoms with Gasteiger partial charge in [0.25, 0.3) is 0 Å². The van der Waals surface area contributed by atoms with Crippen LogP contribution in [-0.4, -0.2) is 32.7 Å². The molecule has 1 aromatic rings. The number of benzene rings is 1. The van der Waals surface area contributed by atoms with E-state index in [1.165, 1.54) is 7.11 Å². The van der Waals surface area contributed by atoms with Crippen molar-refractivity contribution >= 4 is 17.6 Å². The maximum atomic E-state index is 10.9. The summed E-state index contributed by atoms with van der Waals surface area (Å²) in [6, 6.07) is 7.46. The van der Waals surface area contributed by atoms with Gasteiger partial charge in [0.2, 0.25) is 0 Å². The molecule has 0 heterocycles. The SMILES string of the molecule is COC(=O)CCCCN=C(N)Nc1ccccc1OC. The molecule has 0 fully saturated rings. The van der Waals surface area contributed by atoms with Gasteiger partial charge in [0.05, 0.1) is 19.9 Å². The lowest BCUT2D eigenvalue weighted by atomic mass is 10.2. The second-order valence-corrected chi connectivity index (χ2v) is 4.13. The lowest BCUT2D eigenvalue weighted by Gasteiger charge is -2.09. The highest BCUT2D eigenvalue weighted by Gasteiger charge is 2.02. The van der Waals surface area contributed by atoms with Crippen LogP contribution >= 0.6 is 0 Å². The number of nitrogens with one attached hydrogen (secondary N) is 1. The van der Waals surface area contributed by atoms with Gasteiger partial charge in [0, 0.05) is 13.0 Å². The number of hydrogen-bond acceptors (Lipinski definition) is 4. The average molecular weight is 279 g/mol. The van der Waals surface area contributed by atoms with Gasteiger partial charge in [-0.05, 0) is 25.0 Å². The number of aliphatic imine (C=N–C) groups is 1. The number of ether oxygens (including phenoxy) is 2. The number of hydrogen-bond donors (Lipinski definition) is 2. The first-order valence-electron chi connectivity index (χ1n) is 6.44. The molecule has 0 atom stereocenters. The fourth-order valence-electron chi connectivity index (χ4n) is 1.61. The molecule has 0 aliphatic rings. The zero-order valence-corrected chi connectivity index (χ0v) is 11.9. The summed E-state index contributed by atoms with van der Waals surface area (Å²) in [5, 5.41) is 2.98. The number of methoxy groups -OCH3 is 2. The van der Waals surface area contributed by atoms with Gasteiger partial charge >= 0.3 is 5.97 Å². The summed E-state index contributed by atoms with van der Waals surface area (Å²) in [4.78, 5) is 15.1. The topological polar surface area (TPSA) is 85.9 Å². The Balaban J connectivity index is 2.36. The van der Waals surface area contributed by atoms with E-state index >= 15 is 0 Å². The molecule has 0 bridgehead atoms. The smallest absolute Gasteiger partial charge is 0.305 e. The van der Waals surface area contributed by atoms with Crippen LogP contribution in [0.3, 0.4) is 0 Å². The van der Waals surface area contributed by atoms with Crippen LogP contribution in [-0.2, 0) is 9.53 Å². The molecular formula is C14H21N3O3. The summed E-state index contributed by atoms with van der Waals surface area (Å²) in [5.74, 6) is 0.831. The fourth-order valence-corrected chi connectivity index (χ4v) is 1.61. The fraction of sp³-hybridized carbons (Fsp3) is 0.429. The van der Waals surface area contributed by atoms with Crippen LogP contribution in [0.4, 0.5) is 5.69 Å². The first kappa shape index (κ1) is 15.8. The maximum Gasteiger partial charge on any atom is 0.305 e. The molecule has 0 saturated carbocycles. The third kappa shape index (κ3) is 5.60. The van der Waals surface area contributed by atoms with E-state index in [1.807, 2.05) is 24.3 Å². The highest BCUT2D eigenvalue weighted by atomic mass is 16.5. The van der Waals surface area contributed by atoms with E-state index in [0.29, 0.717) is 24.7 Å². The molecule has 3 N–H and O–H groups in total. The van der Waals surface area contributed by atoms with E-state index in [-0.39, 0.29) is 5.97 Å².